The van der Waals surface area contributed by atoms with E-state index in [1.54, 1.807) is 0 Å². The molecular formula is C23H19F6N5O2. The molecule has 2 aromatic heterocycles. The van der Waals surface area contributed by atoms with Crippen LogP contribution in [-0.4, -0.2) is 43.7 Å². The number of carbonyl (C=O) groups excluding carboxylic acids is 2. The Kier molecular flexibility index (Phi) is 6.85. The molecule has 36 heavy (non-hydrogen) atoms. The summed E-state index contributed by atoms with van der Waals surface area (Å²) in [6.45, 7) is -0.718. The fourth-order valence-electron chi connectivity index (χ4n) is 4.04. The predicted molar refractivity (Wildman–Crippen MR) is 113 cm³/mol. The topological polar surface area (TPSA) is 94.1 Å². The fraction of sp³-hybridized carbons (Fsp3) is 0.304. The summed E-state index contributed by atoms with van der Waals surface area (Å²) in [4.78, 5) is 34.3. The molecule has 0 spiro atoms. The number of imidazole rings is 1. The summed E-state index contributed by atoms with van der Waals surface area (Å²) in [6, 6.07) is 2.89. The molecule has 1 aromatic carbocycles. The maximum absolute atomic E-state index is 13.9. The molecule has 0 bridgehead atoms. The van der Waals surface area contributed by atoms with E-state index < -0.39 is 52.9 Å². The number of carbonyl (C=O) groups is 2. The second-order valence-corrected chi connectivity index (χ2v) is 8.29. The maximum atomic E-state index is 13.9. The number of ketones is 1. The molecule has 4 rings (SSSR count). The van der Waals surface area contributed by atoms with Crippen molar-refractivity contribution < 1.29 is 35.9 Å². The van der Waals surface area contributed by atoms with Crippen LogP contribution in [0.3, 0.4) is 0 Å². The quantitative estimate of drug-likeness (QED) is 0.312. The van der Waals surface area contributed by atoms with Gasteiger partial charge >= 0.3 is 6.18 Å². The number of hydrogen-bond donors (Lipinski definition) is 1. The van der Waals surface area contributed by atoms with Crippen molar-refractivity contribution in [3.05, 3.63) is 82.4 Å². The lowest BCUT2D eigenvalue weighted by molar-refractivity contribution is -0.148. The standard InChI is InChI=1S/C23H19F6N5O2/c24-15-9-17(26)16(25)7-13(15)6-14(30)8-19(35)33-4-5-34-18(11-33)20(32-22(34)23(27,28)29)21(36)12-2-1-3-31-10-12/h1-3,7,9-10,14H,4-6,8,11,30H2/t14-/m1/s1. The molecule has 1 amide bonds. The van der Waals surface area contributed by atoms with Gasteiger partial charge in [0.05, 0.1) is 12.2 Å². The lowest BCUT2D eigenvalue weighted by Gasteiger charge is -2.30. The van der Waals surface area contributed by atoms with E-state index in [0.29, 0.717) is 12.1 Å². The molecule has 1 aliphatic rings. The summed E-state index contributed by atoms with van der Waals surface area (Å²) in [7, 11) is 0. The van der Waals surface area contributed by atoms with Crippen molar-refractivity contribution >= 4 is 11.7 Å². The maximum Gasteiger partial charge on any atom is 0.449 e. The van der Waals surface area contributed by atoms with Crippen LogP contribution in [0.1, 0.15) is 39.6 Å². The van der Waals surface area contributed by atoms with Crippen LogP contribution < -0.4 is 5.73 Å². The Balaban J connectivity index is 1.54. The third kappa shape index (κ3) is 5.10. The lowest BCUT2D eigenvalue weighted by Crippen LogP contribution is -2.42. The van der Waals surface area contributed by atoms with Gasteiger partial charge in [0.25, 0.3) is 0 Å². The first-order chi connectivity index (χ1) is 17.0. The monoisotopic (exact) mass is 511 g/mol. The summed E-state index contributed by atoms with van der Waals surface area (Å²) in [5.41, 5.74) is 5.21. The van der Waals surface area contributed by atoms with Crippen LogP contribution in [0.5, 0.6) is 0 Å². The minimum Gasteiger partial charge on any atom is -0.335 e. The van der Waals surface area contributed by atoms with E-state index >= 15 is 0 Å². The number of benzene rings is 1. The van der Waals surface area contributed by atoms with E-state index in [-0.39, 0.29) is 49.3 Å². The Morgan fingerprint density at radius 3 is 2.47 bits per heavy atom. The van der Waals surface area contributed by atoms with Gasteiger partial charge in [-0.05, 0) is 30.2 Å². The minimum atomic E-state index is -4.83. The number of alkyl halides is 3. The molecular weight excluding hydrogens is 492 g/mol. The third-order valence-electron chi connectivity index (χ3n) is 5.76. The van der Waals surface area contributed by atoms with E-state index in [2.05, 4.69) is 9.97 Å². The smallest absolute Gasteiger partial charge is 0.335 e. The lowest BCUT2D eigenvalue weighted by atomic mass is 10.0. The average molecular weight is 511 g/mol. The van der Waals surface area contributed by atoms with Gasteiger partial charge in [-0.3, -0.25) is 14.6 Å². The Labute approximate surface area is 200 Å². The first-order valence-corrected chi connectivity index (χ1v) is 10.7. The molecule has 0 fully saturated rings. The van der Waals surface area contributed by atoms with Crippen molar-refractivity contribution in [1.82, 2.24) is 19.4 Å². The van der Waals surface area contributed by atoms with Crippen LogP contribution in [0.15, 0.2) is 36.7 Å². The van der Waals surface area contributed by atoms with Crippen molar-refractivity contribution in [2.24, 2.45) is 5.73 Å². The molecule has 0 unspecified atom stereocenters. The zero-order valence-corrected chi connectivity index (χ0v) is 18.5. The molecule has 7 nitrogen and oxygen atoms in total. The van der Waals surface area contributed by atoms with Gasteiger partial charge in [0, 0.05) is 49.6 Å². The molecule has 190 valence electrons. The third-order valence-corrected chi connectivity index (χ3v) is 5.76. The molecule has 0 saturated carbocycles. The Hall–Kier alpha value is -3.74. The number of nitrogens with two attached hydrogens (primary N) is 1. The first kappa shape index (κ1) is 25.4. The van der Waals surface area contributed by atoms with E-state index in [0.717, 1.165) is 4.57 Å². The normalized spacial score (nSPS) is 14.5. The van der Waals surface area contributed by atoms with Crippen molar-refractivity contribution in [1.29, 1.82) is 0 Å². The van der Waals surface area contributed by atoms with E-state index in [4.69, 9.17) is 5.73 Å². The molecule has 0 aliphatic carbocycles. The van der Waals surface area contributed by atoms with E-state index in [1.165, 1.54) is 29.4 Å². The summed E-state index contributed by atoms with van der Waals surface area (Å²) in [6.07, 6.45) is -2.85. The number of fused-ring (bicyclic) bond motifs is 1. The van der Waals surface area contributed by atoms with Crippen molar-refractivity contribution in [2.75, 3.05) is 6.54 Å². The van der Waals surface area contributed by atoms with Crippen LogP contribution in [0.2, 0.25) is 0 Å². The van der Waals surface area contributed by atoms with Crippen LogP contribution in [0, 0.1) is 17.5 Å². The van der Waals surface area contributed by atoms with Gasteiger partial charge in [-0.25, -0.2) is 18.2 Å². The predicted octanol–water partition coefficient (Wildman–Crippen LogP) is 3.25. The molecule has 0 saturated heterocycles. The highest BCUT2D eigenvalue weighted by Crippen LogP contribution is 2.33. The zero-order valence-electron chi connectivity index (χ0n) is 18.5. The SMILES string of the molecule is N[C@@H](CC(=O)N1CCn2c(C(F)(F)F)nc(C(=O)c3cccnc3)c2C1)Cc1cc(F)c(F)cc1F. The highest BCUT2D eigenvalue weighted by Gasteiger charge is 2.41. The van der Waals surface area contributed by atoms with Crippen molar-refractivity contribution in [3.63, 3.8) is 0 Å². The summed E-state index contributed by atoms with van der Waals surface area (Å²) in [5, 5.41) is 0. The second-order valence-electron chi connectivity index (χ2n) is 8.29. The number of halogens is 6. The Morgan fingerprint density at radius 1 is 1.08 bits per heavy atom. The second kappa shape index (κ2) is 9.72. The molecule has 2 N–H and O–H groups in total. The molecule has 1 aliphatic heterocycles. The van der Waals surface area contributed by atoms with Crippen LogP contribution in [0.25, 0.3) is 0 Å². The van der Waals surface area contributed by atoms with Gasteiger partial charge in [-0.2, -0.15) is 13.2 Å². The molecule has 3 heterocycles. The van der Waals surface area contributed by atoms with Gasteiger partial charge < -0.3 is 15.2 Å². The first-order valence-electron chi connectivity index (χ1n) is 10.7. The average Bonchev–Trinajstić information content (AvgIpc) is 3.22. The largest absolute Gasteiger partial charge is 0.449 e. The van der Waals surface area contributed by atoms with Gasteiger partial charge in [0.1, 0.15) is 11.5 Å². The van der Waals surface area contributed by atoms with Crippen LogP contribution in [0.4, 0.5) is 26.3 Å². The molecule has 13 heteroatoms. The van der Waals surface area contributed by atoms with Gasteiger partial charge in [0.2, 0.25) is 17.5 Å². The van der Waals surface area contributed by atoms with Gasteiger partial charge in [0.15, 0.2) is 11.6 Å². The number of pyridine rings is 1. The number of amides is 1. The number of nitrogens with zero attached hydrogens (tertiary/aromatic N) is 4. The van der Waals surface area contributed by atoms with Crippen LogP contribution in [-0.2, 0) is 30.5 Å². The molecule has 3 aromatic rings. The number of aromatic nitrogens is 3. The number of hydrogen-bond acceptors (Lipinski definition) is 5. The number of rotatable bonds is 6. The van der Waals surface area contributed by atoms with Crippen molar-refractivity contribution in [3.8, 4) is 0 Å². The van der Waals surface area contributed by atoms with E-state index in [1.807, 2.05) is 0 Å². The fourth-order valence-corrected chi connectivity index (χ4v) is 4.04. The summed E-state index contributed by atoms with van der Waals surface area (Å²) >= 11 is 0. The van der Waals surface area contributed by atoms with Crippen molar-refractivity contribution in [2.45, 2.75) is 38.1 Å². The van der Waals surface area contributed by atoms with Crippen LogP contribution >= 0.6 is 0 Å². The highest BCUT2D eigenvalue weighted by molar-refractivity contribution is 6.08. The minimum absolute atomic E-state index is 0.0335. The Bertz CT molecular complexity index is 1310. The van der Waals surface area contributed by atoms with Gasteiger partial charge in [-0.15, -0.1) is 0 Å². The molecule has 0 radical (unpaired) electrons. The summed E-state index contributed by atoms with van der Waals surface area (Å²) in [5.74, 6) is -6.23. The van der Waals surface area contributed by atoms with Gasteiger partial charge in [-0.1, -0.05) is 0 Å². The Morgan fingerprint density at radius 2 is 1.81 bits per heavy atom. The zero-order chi connectivity index (χ0) is 26.2. The highest BCUT2D eigenvalue weighted by atomic mass is 19.4. The summed E-state index contributed by atoms with van der Waals surface area (Å²) < 4.78 is 82.1. The molecule has 1 atom stereocenters. The van der Waals surface area contributed by atoms with E-state index in [9.17, 15) is 35.9 Å².